The SMILES string of the molecule is Cc1nc2cnccc2n1Cc1ccc(S(=O)(=O)N(C)C(Cc2ccccc2)c2ccccc2)cc1. The van der Waals surface area contributed by atoms with E-state index in [0.717, 1.165) is 33.5 Å². The van der Waals surface area contributed by atoms with Gasteiger partial charge >= 0.3 is 0 Å². The lowest BCUT2D eigenvalue weighted by Gasteiger charge is -2.28. The summed E-state index contributed by atoms with van der Waals surface area (Å²) in [5.41, 5.74) is 4.90. The Balaban J connectivity index is 1.42. The van der Waals surface area contributed by atoms with Crippen LogP contribution in [-0.2, 0) is 23.0 Å². The molecular formula is C29H28N4O2S. The first-order valence-corrected chi connectivity index (χ1v) is 13.3. The van der Waals surface area contributed by atoms with Gasteiger partial charge in [0.2, 0.25) is 10.0 Å². The molecule has 0 spiro atoms. The Morgan fingerprint density at radius 3 is 2.22 bits per heavy atom. The lowest BCUT2D eigenvalue weighted by molar-refractivity contribution is 0.373. The van der Waals surface area contributed by atoms with Gasteiger partial charge in [0, 0.05) is 19.8 Å². The second-order valence-corrected chi connectivity index (χ2v) is 10.9. The molecule has 0 amide bonds. The van der Waals surface area contributed by atoms with E-state index in [1.165, 1.54) is 4.31 Å². The average molecular weight is 497 g/mol. The van der Waals surface area contributed by atoms with Crippen LogP contribution in [0.4, 0.5) is 0 Å². The van der Waals surface area contributed by atoms with Crippen molar-refractivity contribution in [3.8, 4) is 0 Å². The Labute approximate surface area is 211 Å². The molecule has 0 N–H and O–H groups in total. The van der Waals surface area contributed by atoms with Crippen molar-refractivity contribution in [2.24, 2.45) is 0 Å². The fraction of sp³-hybridized carbons (Fsp3) is 0.172. The molecule has 1 atom stereocenters. The van der Waals surface area contributed by atoms with Crippen LogP contribution in [0.2, 0.25) is 0 Å². The Hall–Kier alpha value is -3.81. The number of imidazole rings is 1. The van der Waals surface area contributed by atoms with Gasteiger partial charge in [-0.1, -0.05) is 72.8 Å². The Bertz CT molecular complexity index is 1560. The summed E-state index contributed by atoms with van der Waals surface area (Å²) >= 11 is 0. The van der Waals surface area contributed by atoms with Crippen molar-refractivity contribution in [2.75, 3.05) is 7.05 Å². The zero-order valence-corrected chi connectivity index (χ0v) is 21.1. The molecule has 7 heteroatoms. The van der Waals surface area contributed by atoms with Gasteiger partial charge in [-0.05, 0) is 48.2 Å². The zero-order valence-electron chi connectivity index (χ0n) is 20.3. The first kappa shape index (κ1) is 23.9. The van der Waals surface area contributed by atoms with E-state index in [1.807, 2.05) is 85.8 Å². The minimum Gasteiger partial charge on any atom is -0.324 e. The molecule has 3 aromatic carbocycles. The van der Waals surface area contributed by atoms with Gasteiger partial charge < -0.3 is 4.57 Å². The molecule has 0 aliphatic carbocycles. The van der Waals surface area contributed by atoms with Gasteiger partial charge in [0.25, 0.3) is 0 Å². The molecule has 0 fully saturated rings. The minimum absolute atomic E-state index is 0.277. The summed E-state index contributed by atoms with van der Waals surface area (Å²) < 4.78 is 31.0. The molecule has 5 aromatic rings. The lowest BCUT2D eigenvalue weighted by atomic mass is 9.99. The molecule has 6 nitrogen and oxygen atoms in total. The molecule has 0 radical (unpaired) electrons. The number of nitrogens with zero attached hydrogens (tertiary/aromatic N) is 4. The number of aromatic nitrogens is 3. The smallest absolute Gasteiger partial charge is 0.243 e. The summed E-state index contributed by atoms with van der Waals surface area (Å²) in [7, 11) is -2.06. The van der Waals surface area contributed by atoms with E-state index >= 15 is 0 Å². The van der Waals surface area contributed by atoms with Gasteiger partial charge in [0.1, 0.15) is 11.3 Å². The van der Waals surface area contributed by atoms with Gasteiger partial charge in [-0.2, -0.15) is 4.31 Å². The van der Waals surface area contributed by atoms with Crippen LogP contribution in [0.15, 0.2) is 108 Å². The van der Waals surface area contributed by atoms with Crippen LogP contribution in [-0.4, -0.2) is 34.3 Å². The van der Waals surface area contributed by atoms with Gasteiger partial charge in [-0.3, -0.25) is 4.98 Å². The number of benzene rings is 3. The Kier molecular flexibility index (Phi) is 6.67. The largest absolute Gasteiger partial charge is 0.324 e. The third-order valence-electron chi connectivity index (χ3n) is 6.58. The Morgan fingerprint density at radius 2 is 1.53 bits per heavy atom. The number of hydrogen-bond acceptors (Lipinski definition) is 4. The number of rotatable bonds is 8. The highest BCUT2D eigenvalue weighted by atomic mass is 32.2. The molecule has 1 unspecified atom stereocenters. The van der Waals surface area contributed by atoms with Crippen LogP contribution < -0.4 is 0 Å². The van der Waals surface area contributed by atoms with E-state index in [9.17, 15) is 8.42 Å². The highest BCUT2D eigenvalue weighted by molar-refractivity contribution is 7.89. The van der Waals surface area contributed by atoms with Crippen LogP contribution in [0.25, 0.3) is 11.0 Å². The number of sulfonamides is 1. The zero-order chi connectivity index (χ0) is 25.1. The molecule has 2 aromatic heterocycles. The highest BCUT2D eigenvalue weighted by Gasteiger charge is 2.29. The van der Waals surface area contributed by atoms with Crippen LogP contribution >= 0.6 is 0 Å². The van der Waals surface area contributed by atoms with Crippen LogP contribution in [0.1, 0.15) is 28.6 Å². The fourth-order valence-corrected chi connectivity index (χ4v) is 5.90. The van der Waals surface area contributed by atoms with Crippen molar-refractivity contribution in [1.82, 2.24) is 18.8 Å². The van der Waals surface area contributed by atoms with Crippen LogP contribution in [0, 0.1) is 6.92 Å². The number of fused-ring (bicyclic) bond motifs is 1. The van der Waals surface area contributed by atoms with Gasteiger partial charge in [-0.15, -0.1) is 0 Å². The highest BCUT2D eigenvalue weighted by Crippen LogP contribution is 2.29. The third-order valence-corrected chi connectivity index (χ3v) is 8.46. The summed E-state index contributed by atoms with van der Waals surface area (Å²) in [6.45, 7) is 2.56. The quantitative estimate of drug-likeness (QED) is 0.289. The summed E-state index contributed by atoms with van der Waals surface area (Å²) in [6, 6.07) is 28.5. The second-order valence-electron chi connectivity index (χ2n) is 8.89. The summed E-state index contributed by atoms with van der Waals surface area (Å²) in [5.74, 6) is 0.890. The predicted molar refractivity (Wildman–Crippen MR) is 142 cm³/mol. The molecule has 0 aliphatic heterocycles. The van der Waals surface area contributed by atoms with E-state index in [0.29, 0.717) is 13.0 Å². The van der Waals surface area contributed by atoms with Gasteiger partial charge in [0.15, 0.2) is 0 Å². The van der Waals surface area contributed by atoms with Crippen molar-refractivity contribution in [3.05, 3.63) is 126 Å². The van der Waals surface area contributed by atoms with E-state index in [2.05, 4.69) is 14.5 Å². The maximum Gasteiger partial charge on any atom is 0.243 e. The molecule has 182 valence electrons. The van der Waals surface area contributed by atoms with Crippen molar-refractivity contribution in [3.63, 3.8) is 0 Å². The minimum atomic E-state index is -3.72. The summed E-state index contributed by atoms with van der Waals surface area (Å²) in [6.07, 6.45) is 4.09. The lowest BCUT2D eigenvalue weighted by Crippen LogP contribution is -2.32. The summed E-state index contributed by atoms with van der Waals surface area (Å²) in [4.78, 5) is 8.99. The Morgan fingerprint density at radius 1 is 0.861 bits per heavy atom. The van der Waals surface area contributed by atoms with Crippen LogP contribution in [0.3, 0.4) is 0 Å². The number of pyridine rings is 1. The first-order valence-electron chi connectivity index (χ1n) is 11.9. The second kappa shape index (κ2) is 10.0. The predicted octanol–water partition coefficient (Wildman–Crippen LogP) is 5.39. The molecule has 36 heavy (non-hydrogen) atoms. The van der Waals surface area contributed by atoms with Crippen molar-refractivity contribution >= 4 is 21.1 Å². The van der Waals surface area contributed by atoms with Crippen molar-refractivity contribution in [1.29, 1.82) is 0 Å². The van der Waals surface area contributed by atoms with Crippen molar-refractivity contribution < 1.29 is 8.42 Å². The first-order chi connectivity index (χ1) is 17.4. The van der Waals surface area contributed by atoms with Crippen molar-refractivity contribution in [2.45, 2.75) is 30.8 Å². The third kappa shape index (κ3) is 4.80. The maximum absolute atomic E-state index is 13.7. The molecule has 0 aliphatic rings. The van der Waals surface area contributed by atoms with E-state index in [4.69, 9.17) is 0 Å². The van der Waals surface area contributed by atoms with Gasteiger partial charge in [-0.25, -0.2) is 13.4 Å². The van der Waals surface area contributed by atoms with Gasteiger partial charge in [0.05, 0.1) is 22.7 Å². The number of hydrogen-bond donors (Lipinski definition) is 0. The number of likely N-dealkylation sites (N-methyl/N-ethyl adjacent to an activating group) is 1. The van der Waals surface area contributed by atoms with E-state index in [1.54, 1.807) is 31.6 Å². The molecule has 5 rings (SSSR count). The fourth-order valence-electron chi connectivity index (χ4n) is 4.55. The average Bonchev–Trinajstić information content (AvgIpc) is 3.23. The molecule has 2 heterocycles. The topological polar surface area (TPSA) is 68.1 Å². The standard InChI is InChI=1S/C29H28N4O2S/c1-22-31-27-20-30-18-17-28(27)33(22)21-24-13-15-26(16-14-24)36(34,35)32(2)29(25-11-7-4-8-12-25)19-23-9-5-3-6-10-23/h3-18,20,29H,19,21H2,1-2H3. The molecule has 0 bridgehead atoms. The maximum atomic E-state index is 13.7. The van der Waals surface area contributed by atoms with E-state index < -0.39 is 10.0 Å². The monoisotopic (exact) mass is 496 g/mol. The summed E-state index contributed by atoms with van der Waals surface area (Å²) in [5, 5.41) is 0. The molecular weight excluding hydrogens is 468 g/mol. The number of aryl methyl sites for hydroxylation is 1. The van der Waals surface area contributed by atoms with E-state index in [-0.39, 0.29) is 10.9 Å². The molecule has 0 saturated carbocycles. The van der Waals surface area contributed by atoms with Crippen LogP contribution in [0.5, 0.6) is 0 Å². The molecule has 0 saturated heterocycles. The normalized spacial score (nSPS) is 12.8.